The van der Waals surface area contributed by atoms with E-state index >= 15 is 0 Å². The van der Waals surface area contributed by atoms with E-state index in [0.717, 1.165) is 16.0 Å². The maximum absolute atomic E-state index is 13.4. The van der Waals surface area contributed by atoms with E-state index < -0.39 is 10.0 Å². The van der Waals surface area contributed by atoms with Crippen molar-refractivity contribution in [2.24, 2.45) is 0 Å². The Balaban J connectivity index is 1.85. The lowest BCUT2D eigenvalue weighted by Gasteiger charge is -2.26. The summed E-state index contributed by atoms with van der Waals surface area (Å²) in [6.45, 7) is 8.25. The van der Waals surface area contributed by atoms with Gasteiger partial charge in [0.05, 0.1) is 18.0 Å². The Labute approximate surface area is 194 Å². The quantitative estimate of drug-likeness (QED) is 0.403. The monoisotopic (exact) mass is 468 g/mol. The summed E-state index contributed by atoms with van der Waals surface area (Å²) in [6, 6.07) is 20.4. The second kappa shape index (κ2) is 10.7. The number of sulfonamides is 1. The highest BCUT2D eigenvalue weighted by Crippen LogP contribution is 2.21. The lowest BCUT2D eigenvalue weighted by molar-refractivity contribution is -0.132. The molecule has 0 radical (unpaired) electrons. The number of amides is 1. The summed E-state index contributed by atoms with van der Waals surface area (Å²) in [5, 5.41) is 0. The smallest absolute Gasteiger partial charge is 0.243 e. The molecule has 0 aliphatic rings. The van der Waals surface area contributed by atoms with E-state index in [4.69, 9.17) is 0 Å². The number of nitrogens with zero attached hydrogens (tertiary/aromatic N) is 2. The zero-order valence-corrected chi connectivity index (χ0v) is 20.0. The Morgan fingerprint density at radius 3 is 2.25 bits per heavy atom. The topological polar surface area (TPSA) is 57.7 Å². The minimum absolute atomic E-state index is 0.0548. The molecular formula is C25H28N2O3S2. The van der Waals surface area contributed by atoms with Crippen LogP contribution in [0.3, 0.4) is 0 Å². The van der Waals surface area contributed by atoms with Gasteiger partial charge in [-0.25, -0.2) is 8.42 Å². The van der Waals surface area contributed by atoms with Crippen molar-refractivity contribution >= 4 is 27.3 Å². The van der Waals surface area contributed by atoms with Crippen LogP contribution in [0.4, 0.5) is 0 Å². The van der Waals surface area contributed by atoms with Gasteiger partial charge in [0.15, 0.2) is 0 Å². The molecule has 2 aromatic carbocycles. The molecule has 0 saturated heterocycles. The molecule has 3 rings (SSSR count). The Kier molecular flexibility index (Phi) is 8.01. The summed E-state index contributed by atoms with van der Waals surface area (Å²) in [6.07, 6.45) is 1.50. The van der Waals surface area contributed by atoms with E-state index in [-0.39, 0.29) is 23.9 Å². The van der Waals surface area contributed by atoms with E-state index in [1.54, 1.807) is 40.5 Å². The Morgan fingerprint density at radius 1 is 0.969 bits per heavy atom. The molecule has 0 N–H and O–H groups in total. The van der Waals surface area contributed by atoms with Crippen LogP contribution < -0.4 is 0 Å². The highest BCUT2D eigenvalue weighted by Gasteiger charge is 2.28. The summed E-state index contributed by atoms with van der Waals surface area (Å²) in [4.78, 5) is 17.5. The third-order valence-electron chi connectivity index (χ3n) is 5.01. The van der Waals surface area contributed by atoms with E-state index in [1.165, 1.54) is 15.3 Å². The number of carbonyl (C=O) groups excluding carboxylic acids is 1. The van der Waals surface area contributed by atoms with Gasteiger partial charge >= 0.3 is 0 Å². The maximum Gasteiger partial charge on any atom is 0.243 e. The molecule has 7 heteroatoms. The average molecular weight is 469 g/mol. The third kappa shape index (κ3) is 6.16. The molecule has 0 aliphatic heterocycles. The third-order valence-corrected chi connectivity index (χ3v) is 7.83. The normalized spacial score (nSPS) is 11.5. The van der Waals surface area contributed by atoms with Crippen molar-refractivity contribution < 1.29 is 13.2 Å². The number of aryl methyl sites for hydroxylation is 2. The zero-order chi connectivity index (χ0) is 23.1. The highest BCUT2D eigenvalue weighted by molar-refractivity contribution is 7.89. The Morgan fingerprint density at radius 2 is 1.66 bits per heavy atom. The molecule has 1 aromatic heterocycles. The van der Waals surface area contributed by atoms with Crippen molar-refractivity contribution in [1.29, 1.82) is 0 Å². The highest BCUT2D eigenvalue weighted by atomic mass is 32.2. The van der Waals surface area contributed by atoms with E-state index in [0.29, 0.717) is 13.1 Å². The number of carbonyl (C=O) groups is 1. The first-order valence-electron chi connectivity index (χ1n) is 10.3. The molecule has 0 spiro atoms. The van der Waals surface area contributed by atoms with Gasteiger partial charge in [0.1, 0.15) is 0 Å². The summed E-state index contributed by atoms with van der Waals surface area (Å²) in [7, 11) is -3.83. The van der Waals surface area contributed by atoms with Crippen LogP contribution in [0.5, 0.6) is 0 Å². The van der Waals surface area contributed by atoms with Crippen LogP contribution in [0.15, 0.2) is 84.3 Å². The summed E-state index contributed by atoms with van der Waals surface area (Å²) < 4.78 is 27.6. The standard InChI is InChI=1S/C25H28N2O3S2/c1-4-16-27(32(29,30)24-14-10-20(2)11-15-24)19-25(28)26(17-22-8-6-5-7-9-22)18-23-13-12-21(3)31-23/h4-15H,1,16-19H2,2-3H3. The molecule has 0 fully saturated rings. The molecule has 0 atom stereocenters. The minimum atomic E-state index is -3.83. The van der Waals surface area contributed by atoms with Crippen molar-refractivity contribution in [1.82, 2.24) is 9.21 Å². The van der Waals surface area contributed by atoms with Crippen LogP contribution in [0.25, 0.3) is 0 Å². The van der Waals surface area contributed by atoms with E-state index in [1.807, 2.05) is 56.3 Å². The molecule has 32 heavy (non-hydrogen) atoms. The van der Waals surface area contributed by atoms with Crippen LogP contribution in [0, 0.1) is 13.8 Å². The number of benzene rings is 2. The van der Waals surface area contributed by atoms with Gasteiger partial charge in [0.2, 0.25) is 15.9 Å². The van der Waals surface area contributed by atoms with Gasteiger partial charge in [-0.2, -0.15) is 4.31 Å². The molecule has 168 valence electrons. The summed E-state index contributed by atoms with van der Waals surface area (Å²) in [5.74, 6) is -0.252. The average Bonchev–Trinajstić information content (AvgIpc) is 3.18. The van der Waals surface area contributed by atoms with Gasteiger partial charge in [-0.05, 0) is 43.7 Å². The SMILES string of the molecule is C=CCN(CC(=O)N(Cc1ccccc1)Cc1ccc(C)s1)S(=O)(=O)c1ccc(C)cc1. The van der Waals surface area contributed by atoms with E-state index in [2.05, 4.69) is 6.58 Å². The zero-order valence-electron chi connectivity index (χ0n) is 18.4. The van der Waals surface area contributed by atoms with Crippen LogP contribution in [0.2, 0.25) is 0 Å². The Bertz CT molecular complexity index is 1150. The number of hydrogen-bond acceptors (Lipinski definition) is 4. The second-order valence-electron chi connectivity index (χ2n) is 7.65. The first kappa shape index (κ1) is 23.9. The van der Waals surface area contributed by atoms with Gasteiger partial charge in [-0.15, -0.1) is 17.9 Å². The molecule has 0 saturated carbocycles. The van der Waals surface area contributed by atoms with Crippen molar-refractivity contribution in [3.05, 3.63) is 100 Å². The minimum Gasteiger partial charge on any atom is -0.332 e. The fourth-order valence-electron chi connectivity index (χ4n) is 3.30. The van der Waals surface area contributed by atoms with Gasteiger partial charge in [-0.1, -0.05) is 54.1 Å². The molecule has 0 aliphatic carbocycles. The molecule has 3 aromatic rings. The summed E-state index contributed by atoms with van der Waals surface area (Å²) >= 11 is 1.64. The molecule has 1 amide bonds. The molecule has 5 nitrogen and oxygen atoms in total. The number of hydrogen-bond donors (Lipinski definition) is 0. The van der Waals surface area contributed by atoms with Gasteiger partial charge in [0.25, 0.3) is 0 Å². The fraction of sp³-hybridized carbons (Fsp3) is 0.240. The second-order valence-corrected chi connectivity index (χ2v) is 11.0. The van der Waals surface area contributed by atoms with Crippen LogP contribution in [-0.4, -0.2) is 36.6 Å². The predicted molar refractivity (Wildman–Crippen MR) is 130 cm³/mol. The lowest BCUT2D eigenvalue weighted by atomic mass is 10.2. The molecule has 0 unspecified atom stereocenters. The first-order chi connectivity index (χ1) is 15.3. The van der Waals surface area contributed by atoms with E-state index in [9.17, 15) is 13.2 Å². The van der Waals surface area contributed by atoms with Gasteiger partial charge in [-0.3, -0.25) is 4.79 Å². The van der Waals surface area contributed by atoms with Gasteiger partial charge in [0, 0.05) is 22.8 Å². The van der Waals surface area contributed by atoms with Crippen LogP contribution in [0.1, 0.15) is 20.9 Å². The van der Waals surface area contributed by atoms with Crippen molar-refractivity contribution in [3.63, 3.8) is 0 Å². The largest absolute Gasteiger partial charge is 0.332 e. The van der Waals surface area contributed by atoms with Crippen molar-refractivity contribution in [2.75, 3.05) is 13.1 Å². The van der Waals surface area contributed by atoms with Gasteiger partial charge < -0.3 is 4.90 Å². The number of thiophene rings is 1. The van der Waals surface area contributed by atoms with Crippen LogP contribution >= 0.6 is 11.3 Å². The Hall–Kier alpha value is -2.74. The number of rotatable bonds is 10. The molecular weight excluding hydrogens is 440 g/mol. The summed E-state index contributed by atoms with van der Waals surface area (Å²) in [5.41, 5.74) is 1.96. The maximum atomic E-state index is 13.4. The predicted octanol–water partition coefficient (Wildman–Crippen LogP) is 4.77. The van der Waals surface area contributed by atoms with Crippen molar-refractivity contribution in [3.8, 4) is 0 Å². The first-order valence-corrected chi connectivity index (χ1v) is 12.6. The molecule has 0 bridgehead atoms. The van der Waals surface area contributed by atoms with Crippen LogP contribution in [-0.2, 0) is 27.9 Å². The lowest BCUT2D eigenvalue weighted by Crippen LogP contribution is -2.42. The fourth-order valence-corrected chi connectivity index (χ4v) is 5.56. The molecule has 1 heterocycles. The van der Waals surface area contributed by atoms with Crippen molar-refractivity contribution in [2.45, 2.75) is 31.8 Å².